The predicted octanol–water partition coefficient (Wildman–Crippen LogP) is 3.51. The number of rotatable bonds is 4. The van der Waals surface area contributed by atoms with Gasteiger partial charge in [-0.25, -0.2) is 0 Å². The van der Waals surface area contributed by atoms with Gasteiger partial charge in [-0.05, 0) is 37.6 Å². The fraction of sp³-hybridized carbons (Fsp3) is 0.600. The lowest BCUT2D eigenvalue weighted by atomic mass is 10.1. The Labute approximate surface area is 123 Å². The maximum absolute atomic E-state index is 12.6. The van der Waals surface area contributed by atoms with Gasteiger partial charge in [0.15, 0.2) is 0 Å². The van der Waals surface area contributed by atoms with Crippen molar-refractivity contribution in [1.82, 2.24) is 5.32 Å². The Kier molecular flexibility index (Phi) is 5.86. The minimum atomic E-state index is -0.811. The van der Waals surface area contributed by atoms with E-state index in [0.717, 1.165) is 23.4 Å². The zero-order chi connectivity index (χ0) is 13.7. The van der Waals surface area contributed by atoms with E-state index in [9.17, 15) is 4.21 Å². The van der Waals surface area contributed by atoms with Crippen molar-refractivity contribution in [2.75, 3.05) is 7.05 Å². The SMILES string of the molecule is CNC1CCCCCC1S(=O)Cc1ccc(Cl)cc1. The molecule has 1 aromatic carbocycles. The Bertz CT molecular complexity index is 421. The van der Waals surface area contributed by atoms with Crippen LogP contribution in [-0.4, -0.2) is 22.5 Å². The van der Waals surface area contributed by atoms with E-state index in [4.69, 9.17) is 11.6 Å². The Morgan fingerprint density at radius 3 is 2.58 bits per heavy atom. The van der Waals surface area contributed by atoms with Crippen molar-refractivity contribution >= 4 is 22.4 Å². The molecule has 1 aromatic rings. The van der Waals surface area contributed by atoms with Gasteiger partial charge in [-0.15, -0.1) is 0 Å². The third kappa shape index (κ3) is 4.30. The molecule has 0 aromatic heterocycles. The van der Waals surface area contributed by atoms with Crippen LogP contribution in [-0.2, 0) is 16.6 Å². The quantitative estimate of drug-likeness (QED) is 0.862. The molecule has 4 heteroatoms. The molecule has 0 bridgehead atoms. The molecule has 1 aliphatic rings. The van der Waals surface area contributed by atoms with Gasteiger partial charge in [0.2, 0.25) is 0 Å². The standard InChI is InChI=1S/C15H22ClNOS/c1-17-14-5-3-2-4-6-15(14)19(18)11-12-7-9-13(16)10-8-12/h7-10,14-15,17H,2-6,11H2,1H3. The Morgan fingerprint density at radius 2 is 1.89 bits per heavy atom. The normalized spacial score (nSPS) is 25.8. The summed E-state index contributed by atoms with van der Waals surface area (Å²) in [5.74, 6) is 0.639. The summed E-state index contributed by atoms with van der Waals surface area (Å²) in [5.41, 5.74) is 1.11. The van der Waals surface area contributed by atoms with Gasteiger partial charge in [-0.3, -0.25) is 4.21 Å². The van der Waals surface area contributed by atoms with Gasteiger partial charge in [0, 0.05) is 27.6 Å². The maximum Gasteiger partial charge on any atom is 0.0504 e. The molecule has 0 radical (unpaired) electrons. The zero-order valence-corrected chi connectivity index (χ0v) is 13.0. The molecule has 2 nitrogen and oxygen atoms in total. The van der Waals surface area contributed by atoms with Crippen molar-refractivity contribution in [1.29, 1.82) is 0 Å². The minimum absolute atomic E-state index is 0.281. The highest BCUT2D eigenvalue weighted by atomic mass is 35.5. The van der Waals surface area contributed by atoms with E-state index in [1.54, 1.807) is 0 Å². The molecule has 1 fully saturated rings. The van der Waals surface area contributed by atoms with Gasteiger partial charge in [0.05, 0.1) is 5.25 Å². The number of benzene rings is 1. The van der Waals surface area contributed by atoms with Crippen LogP contribution in [0.25, 0.3) is 0 Å². The summed E-state index contributed by atoms with van der Waals surface area (Å²) >= 11 is 5.88. The van der Waals surface area contributed by atoms with Crippen molar-refractivity contribution in [2.45, 2.75) is 49.1 Å². The number of hydrogen-bond donors (Lipinski definition) is 1. The number of hydrogen-bond acceptors (Lipinski definition) is 2. The molecule has 1 aliphatic carbocycles. The molecular weight excluding hydrogens is 278 g/mol. The summed E-state index contributed by atoms with van der Waals surface area (Å²) in [6, 6.07) is 8.10. The minimum Gasteiger partial charge on any atom is -0.316 e. The number of halogens is 1. The molecule has 0 aliphatic heterocycles. The molecule has 0 amide bonds. The Hall–Kier alpha value is -0.380. The van der Waals surface area contributed by atoms with Crippen LogP contribution in [0.2, 0.25) is 5.02 Å². The summed E-state index contributed by atoms with van der Waals surface area (Å²) in [5, 5.41) is 4.37. The van der Waals surface area contributed by atoms with Crippen LogP contribution in [0.1, 0.15) is 37.7 Å². The van der Waals surface area contributed by atoms with Crippen molar-refractivity contribution in [3.8, 4) is 0 Å². The monoisotopic (exact) mass is 299 g/mol. The van der Waals surface area contributed by atoms with Gasteiger partial charge in [0.1, 0.15) is 0 Å². The third-order valence-corrected chi connectivity index (χ3v) is 5.99. The maximum atomic E-state index is 12.6. The van der Waals surface area contributed by atoms with Crippen LogP contribution in [0, 0.1) is 0 Å². The van der Waals surface area contributed by atoms with Crippen LogP contribution >= 0.6 is 11.6 Å². The second-order valence-corrected chi connectivity index (χ2v) is 7.32. The van der Waals surface area contributed by atoms with Gasteiger partial charge in [-0.1, -0.05) is 43.0 Å². The molecule has 0 spiro atoms. The highest BCUT2D eigenvalue weighted by molar-refractivity contribution is 7.84. The first-order chi connectivity index (χ1) is 9.20. The lowest BCUT2D eigenvalue weighted by Crippen LogP contribution is -2.39. The molecule has 19 heavy (non-hydrogen) atoms. The average molecular weight is 300 g/mol. The van der Waals surface area contributed by atoms with Crippen LogP contribution in [0.3, 0.4) is 0 Å². The molecule has 0 heterocycles. The third-order valence-electron chi connectivity index (χ3n) is 3.88. The number of nitrogens with one attached hydrogen (secondary N) is 1. The molecule has 3 atom stereocenters. The summed E-state index contributed by atoms with van der Waals surface area (Å²) < 4.78 is 12.6. The second-order valence-electron chi connectivity index (χ2n) is 5.22. The van der Waals surface area contributed by atoms with E-state index in [1.807, 2.05) is 31.3 Å². The smallest absolute Gasteiger partial charge is 0.0504 e. The van der Waals surface area contributed by atoms with Gasteiger partial charge in [-0.2, -0.15) is 0 Å². The van der Waals surface area contributed by atoms with E-state index in [2.05, 4.69) is 5.32 Å². The fourth-order valence-electron chi connectivity index (χ4n) is 2.77. The topological polar surface area (TPSA) is 29.1 Å². The van der Waals surface area contributed by atoms with Gasteiger partial charge >= 0.3 is 0 Å². The highest BCUT2D eigenvalue weighted by Crippen LogP contribution is 2.24. The molecule has 1 saturated carbocycles. The second kappa shape index (κ2) is 7.41. The van der Waals surface area contributed by atoms with Crippen LogP contribution in [0.15, 0.2) is 24.3 Å². The van der Waals surface area contributed by atoms with Crippen molar-refractivity contribution in [2.24, 2.45) is 0 Å². The van der Waals surface area contributed by atoms with E-state index in [-0.39, 0.29) is 5.25 Å². The molecule has 2 rings (SSSR count). The average Bonchev–Trinajstić information content (AvgIpc) is 2.66. The van der Waals surface area contributed by atoms with E-state index >= 15 is 0 Å². The van der Waals surface area contributed by atoms with Crippen molar-refractivity contribution < 1.29 is 4.21 Å². The van der Waals surface area contributed by atoms with Crippen LogP contribution in [0.4, 0.5) is 0 Å². The first kappa shape index (κ1) is 15.0. The van der Waals surface area contributed by atoms with Gasteiger partial charge in [0.25, 0.3) is 0 Å². The Balaban J connectivity index is 2.02. The highest BCUT2D eigenvalue weighted by Gasteiger charge is 2.27. The first-order valence-corrected chi connectivity index (χ1v) is 8.75. The first-order valence-electron chi connectivity index (χ1n) is 6.99. The van der Waals surface area contributed by atoms with Crippen LogP contribution < -0.4 is 5.32 Å². The zero-order valence-electron chi connectivity index (χ0n) is 11.4. The van der Waals surface area contributed by atoms with Crippen molar-refractivity contribution in [3.63, 3.8) is 0 Å². The summed E-state index contributed by atoms with van der Waals surface area (Å²) in [6.45, 7) is 0. The predicted molar refractivity (Wildman–Crippen MR) is 83.0 cm³/mol. The van der Waals surface area contributed by atoms with E-state index < -0.39 is 10.8 Å². The molecular formula is C15H22ClNOS. The van der Waals surface area contributed by atoms with E-state index in [1.165, 1.54) is 19.3 Å². The lowest BCUT2D eigenvalue weighted by molar-refractivity contribution is 0.499. The molecule has 0 saturated heterocycles. The summed E-state index contributed by atoms with van der Waals surface area (Å²) in [6.07, 6.45) is 5.95. The van der Waals surface area contributed by atoms with Crippen LogP contribution in [0.5, 0.6) is 0 Å². The molecule has 106 valence electrons. The summed E-state index contributed by atoms with van der Waals surface area (Å²) in [7, 11) is 1.18. The van der Waals surface area contributed by atoms with E-state index in [0.29, 0.717) is 11.8 Å². The molecule has 1 N–H and O–H groups in total. The lowest BCUT2D eigenvalue weighted by Gasteiger charge is -2.24. The fourth-order valence-corrected chi connectivity index (χ4v) is 4.70. The summed E-state index contributed by atoms with van der Waals surface area (Å²) in [4.78, 5) is 0. The largest absolute Gasteiger partial charge is 0.316 e. The Morgan fingerprint density at radius 1 is 1.21 bits per heavy atom. The van der Waals surface area contributed by atoms with Gasteiger partial charge < -0.3 is 5.32 Å². The van der Waals surface area contributed by atoms with Crippen molar-refractivity contribution in [3.05, 3.63) is 34.9 Å². The molecule has 3 unspecified atom stereocenters.